The van der Waals surface area contributed by atoms with Crippen LogP contribution in [-0.4, -0.2) is 25.5 Å². The molecule has 116 valence electrons. The van der Waals surface area contributed by atoms with Crippen LogP contribution in [0.5, 0.6) is 5.75 Å². The largest absolute Gasteiger partial charge is 0.497 e. The van der Waals surface area contributed by atoms with Gasteiger partial charge in [0.15, 0.2) is 5.96 Å². The Morgan fingerprint density at radius 1 is 1.52 bits per heavy atom. The molecule has 1 aromatic carbocycles. The second-order valence-electron chi connectivity index (χ2n) is 5.40. The van der Waals surface area contributed by atoms with Crippen LogP contribution in [0.15, 0.2) is 29.3 Å². The molecule has 4 nitrogen and oxygen atoms in total. The highest BCUT2D eigenvalue weighted by Gasteiger charge is 2.35. The third kappa shape index (κ3) is 4.88. The molecule has 1 aromatic rings. The Morgan fingerprint density at radius 3 is 3.05 bits per heavy atom. The van der Waals surface area contributed by atoms with E-state index >= 15 is 0 Å². The van der Waals surface area contributed by atoms with Gasteiger partial charge < -0.3 is 15.8 Å². The number of alkyl halides is 2. The van der Waals surface area contributed by atoms with Crippen LogP contribution < -0.4 is 15.8 Å². The molecule has 1 saturated carbocycles. The van der Waals surface area contributed by atoms with Gasteiger partial charge in [-0.15, -0.1) is 0 Å². The number of rotatable bonds is 4. The number of nitrogens with zero attached hydrogens (tertiary/aromatic N) is 1. The Hall–Kier alpha value is -1.85. The molecule has 1 atom stereocenters. The number of nitrogens with one attached hydrogen (secondary N) is 1. The lowest BCUT2D eigenvalue weighted by atomic mass is 9.87. The molecule has 2 rings (SSSR count). The molecule has 0 saturated heterocycles. The Bertz CT molecular complexity index is 505. The highest BCUT2D eigenvalue weighted by atomic mass is 19.3. The summed E-state index contributed by atoms with van der Waals surface area (Å²) in [5, 5.41) is 2.94. The van der Waals surface area contributed by atoms with Gasteiger partial charge in [0, 0.05) is 31.1 Å². The summed E-state index contributed by atoms with van der Waals surface area (Å²) < 4.78 is 31.7. The van der Waals surface area contributed by atoms with Crippen molar-refractivity contribution in [1.82, 2.24) is 0 Å². The summed E-state index contributed by atoms with van der Waals surface area (Å²) in [5.41, 5.74) is 6.55. The summed E-state index contributed by atoms with van der Waals surface area (Å²) in [4.78, 5) is 4.17. The zero-order valence-corrected chi connectivity index (χ0v) is 12.1. The van der Waals surface area contributed by atoms with E-state index in [0.29, 0.717) is 18.7 Å². The molecule has 1 aliphatic rings. The van der Waals surface area contributed by atoms with Crippen molar-refractivity contribution < 1.29 is 13.5 Å². The number of methoxy groups -OCH3 is 1. The predicted molar refractivity (Wildman–Crippen MR) is 80.0 cm³/mol. The van der Waals surface area contributed by atoms with Gasteiger partial charge in [0.1, 0.15) is 5.75 Å². The first-order chi connectivity index (χ1) is 9.98. The van der Waals surface area contributed by atoms with E-state index in [2.05, 4.69) is 10.3 Å². The monoisotopic (exact) mass is 297 g/mol. The number of ether oxygens (including phenoxy) is 1. The van der Waals surface area contributed by atoms with Crippen molar-refractivity contribution >= 4 is 11.6 Å². The third-order valence-corrected chi connectivity index (χ3v) is 3.60. The molecule has 0 amide bonds. The average molecular weight is 297 g/mol. The van der Waals surface area contributed by atoms with Crippen LogP contribution >= 0.6 is 0 Å². The Kier molecular flexibility index (Phi) is 4.98. The molecule has 1 aliphatic carbocycles. The van der Waals surface area contributed by atoms with E-state index in [4.69, 9.17) is 10.5 Å². The van der Waals surface area contributed by atoms with Crippen molar-refractivity contribution in [2.75, 3.05) is 19.0 Å². The Balaban J connectivity index is 1.89. The molecule has 1 fully saturated rings. The van der Waals surface area contributed by atoms with E-state index in [1.165, 1.54) is 0 Å². The Morgan fingerprint density at radius 2 is 2.33 bits per heavy atom. The zero-order chi connectivity index (χ0) is 15.3. The summed E-state index contributed by atoms with van der Waals surface area (Å²) in [6, 6.07) is 7.27. The van der Waals surface area contributed by atoms with Crippen LogP contribution in [0.4, 0.5) is 14.5 Å². The van der Waals surface area contributed by atoms with Gasteiger partial charge in [-0.1, -0.05) is 6.07 Å². The Labute approximate surface area is 123 Å². The van der Waals surface area contributed by atoms with Crippen LogP contribution in [0.1, 0.15) is 25.7 Å². The number of anilines is 1. The molecule has 6 heteroatoms. The lowest BCUT2D eigenvalue weighted by molar-refractivity contribution is -0.0507. The van der Waals surface area contributed by atoms with Crippen LogP contribution in [0.25, 0.3) is 0 Å². The summed E-state index contributed by atoms with van der Waals surface area (Å²) >= 11 is 0. The van der Waals surface area contributed by atoms with E-state index < -0.39 is 5.92 Å². The van der Waals surface area contributed by atoms with Crippen molar-refractivity contribution in [2.24, 2.45) is 16.6 Å². The van der Waals surface area contributed by atoms with E-state index in [0.717, 1.165) is 12.1 Å². The minimum atomic E-state index is -2.55. The number of hydrogen-bond donors (Lipinski definition) is 2. The molecule has 0 radical (unpaired) electrons. The molecule has 0 heterocycles. The molecule has 0 bridgehead atoms. The molecule has 0 aliphatic heterocycles. The lowest BCUT2D eigenvalue weighted by Crippen LogP contribution is -2.29. The molecule has 0 spiro atoms. The summed E-state index contributed by atoms with van der Waals surface area (Å²) in [5.74, 6) is -1.70. The topological polar surface area (TPSA) is 59.6 Å². The third-order valence-electron chi connectivity index (χ3n) is 3.60. The van der Waals surface area contributed by atoms with Crippen molar-refractivity contribution in [3.8, 4) is 5.75 Å². The maximum atomic E-state index is 13.3. The average Bonchev–Trinajstić information content (AvgIpc) is 2.44. The number of aliphatic imine (C=N–C) groups is 1. The molecule has 1 unspecified atom stereocenters. The van der Waals surface area contributed by atoms with E-state index in [1.807, 2.05) is 18.2 Å². The van der Waals surface area contributed by atoms with Gasteiger partial charge in [-0.05, 0) is 30.9 Å². The fraction of sp³-hybridized carbons (Fsp3) is 0.533. The highest BCUT2D eigenvalue weighted by molar-refractivity contribution is 5.92. The van der Waals surface area contributed by atoms with Gasteiger partial charge in [0.25, 0.3) is 0 Å². The molecule has 0 aromatic heterocycles. The first-order valence-electron chi connectivity index (χ1n) is 7.07. The van der Waals surface area contributed by atoms with Crippen molar-refractivity contribution in [1.29, 1.82) is 0 Å². The number of hydrogen-bond acceptors (Lipinski definition) is 2. The van der Waals surface area contributed by atoms with Gasteiger partial charge in [0.05, 0.1) is 7.11 Å². The fourth-order valence-electron chi connectivity index (χ4n) is 2.55. The van der Waals surface area contributed by atoms with Gasteiger partial charge in [-0.25, -0.2) is 8.78 Å². The van der Waals surface area contributed by atoms with E-state index in [-0.39, 0.29) is 24.7 Å². The molecule has 21 heavy (non-hydrogen) atoms. The van der Waals surface area contributed by atoms with Crippen LogP contribution in [0, 0.1) is 5.92 Å². The van der Waals surface area contributed by atoms with Gasteiger partial charge in [0.2, 0.25) is 5.92 Å². The second kappa shape index (κ2) is 6.74. The SMILES string of the molecule is COc1cccc(NC(N)=NCC2CCCC(F)(F)C2)c1. The van der Waals surface area contributed by atoms with Crippen LogP contribution in [0.3, 0.4) is 0 Å². The summed E-state index contributed by atoms with van der Waals surface area (Å²) in [7, 11) is 1.58. The highest BCUT2D eigenvalue weighted by Crippen LogP contribution is 2.36. The van der Waals surface area contributed by atoms with Crippen molar-refractivity contribution in [3.05, 3.63) is 24.3 Å². The second-order valence-corrected chi connectivity index (χ2v) is 5.40. The summed E-state index contributed by atoms with van der Waals surface area (Å²) in [6.07, 6.45) is 1.23. The fourth-order valence-corrected chi connectivity index (χ4v) is 2.55. The van der Waals surface area contributed by atoms with Crippen molar-refractivity contribution in [2.45, 2.75) is 31.6 Å². The predicted octanol–water partition coefficient (Wildman–Crippen LogP) is 3.25. The standard InChI is InChI=1S/C15H21F2N3O/c1-21-13-6-2-5-12(8-13)20-14(18)19-10-11-4-3-7-15(16,17)9-11/h2,5-6,8,11H,3-4,7,9-10H2,1H3,(H3,18,19,20). The van der Waals surface area contributed by atoms with E-state index in [1.54, 1.807) is 13.2 Å². The normalized spacial score (nSPS) is 21.9. The zero-order valence-electron chi connectivity index (χ0n) is 12.1. The number of halogens is 2. The first kappa shape index (κ1) is 15.5. The maximum Gasteiger partial charge on any atom is 0.248 e. The van der Waals surface area contributed by atoms with Gasteiger partial charge in [-0.3, -0.25) is 4.99 Å². The van der Waals surface area contributed by atoms with Crippen LogP contribution in [-0.2, 0) is 0 Å². The number of benzene rings is 1. The van der Waals surface area contributed by atoms with Crippen molar-refractivity contribution in [3.63, 3.8) is 0 Å². The molecular formula is C15H21F2N3O. The van der Waals surface area contributed by atoms with Gasteiger partial charge >= 0.3 is 0 Å². The number of nitrogens with two attached hydrogens (primary N) is 1. The smallest absolute Gasteiger partial charge is 0.248 e. The quantitative estimate of drug-likeness (QED) is 0.662. The summed E-state index contributed by atoms with van der Waals surface area (Å²) in [6.45, 7) is 0.332. The minimum Gasteiger partial charge on any atom is -0.497 e. The van der Waals surface area contributed by atoms with Gasteiger partial charge in [-0.2, -0.15) is 0 Å². The minimum absolute atomic E-state index is 0.00917. The molecule has 3 N–H and O–H groups in total. The number of guanidine groups is 1. The molecular weight excluding hydrogens is 276 g/mol. The first-order valence-corrected chi connectivity index (χ1v) is 7.07. The maximum absolute atomic E-state index is 13.3. The lowest BCUT2D eigenvalue weighted by Gasteiger charge is -2.27. The van der Waals surface area contributed by atoms with E-state index in [9.17, 15) is 8.78 Å². The van der Waals surface area contributed by atoms with Crippen LogP contribution in [0.2, 0.25) is 0 Å².